The third-order valence-electron chi connectivity index (χ3n) is 7.96. The number of hydrogen-bond acceptors (Lipinski definition) is 5. The Kier molecular flexibility index (Phi) is 6.40. The molecule has 3 aliphatic rings. The third-order valence-corrected chi connectivity index (χ3v) is 7.96. The van der Waals surface area contributed by atoms with Crippen molar-refractivity contribution in [2.24, 2.45) is 0 Å². The molecule has 1 aliphatic carbocycles. The smallest absolute Gasteiger partial charge is 0.416 e. The number of anilines is 1. The third kappa shape index (κ3) is 4.90. The number of nitrogens with zero attached hydrogens (tertiary/aromatic N) is 3. The van der Waals surface area contributed by atoms with Crippen molar-refractivity contribution in [3.63, 3.8) is 0 Å². The molecule has 3 heterocycles. The van der Waals surface area contributed by atoms with Crippen LogP contribution in [0.5, 0.6) is 5.75 Å². The molecular weight excluding hydrogens is 507 g/mol. The van der Waals surface area contributed by atoms with E-state index in [0.29, 0.717) is 17.2 Å². The van der Waals surface area contributed by atoms with Gasteiger partial charge in [0.1, 0.15) is 17.7 Å². The van der Waals surface area contributed by atoms with E-state index in [2.05, 4.69) is 17.0 Å². The number of hydrogen-bond donors (Lipinski definition) is 0. The lowest BCUT2D eigenvalue weighted by atomic mass is 9.97. The number of amides is 1. The summed E-state index contributed by atoms with van der Waals surface area (Å²) in [6.45, 7) is 3.80. The van der Waals surface area contributed by atoms with Crippen molar-refractivity contribution in [1.29, 1.82) is 0 Å². The van der Waals surface area contributed by atoms with E-state index >= 15 is 0 Å². The van der Waals surface area contributed by atoms with Gasteiger partial charge >= 0.3 is 12.3 Å². The highest BCUT2D eigenvalue weighted by Gasteiger charge is 2.41. The zero-order chi connectivity index (χ0) is 27.3. The first-order valence-electron chi connectivity index (χ1n) is 13.3. The van der Waals surface area contributed by atoms with Gasteiger partial charge in [0.2, 0.25) is 0 Å². The zero-order valence-corrected chi connectivity index (χ0v) is 21.9. The van der Waals surface area contributed by atoms with Crippen LogP contribution >= 0.6 is 0 Å². The largest absolute Gasteiger partial charge is 0.496 e. The van der Waals surface area contributed by atoms with Crippen LogP contribution in [0.25, 0.3) is 11.1 Å². The van der Waals surface area contributed by atoms with E-state index < -0.39 is 30.0 Å². The number of methoxy groups -OCH3 is 1. The number of cyclic esters (lactones) is 1. The second kappa shape index (κ2) is 9.77. The fourth-order valence-electron chi connectivity index (χ4n) is 5.40. The fourth-order valence-corrected chi connectivity index (χ4v) is 5.40. The van der Waals surface area contributed by atoms with Crippen LogP contribution in [0.4, 0.5) is 23.8 Å². The Hall–Kier alpha value is -3.75. The Morgan fingerprint density at radius 1 is 1.03 bits per heavy atom. The summed E-state index contributed by atoms with van der Waals surface area (Å²) in [7, 11) is 1.64. The van der Waals surface area contributed by atoms with Crippen molar-refractivity contribution >= 4 is 11.9 Å². The molecule has 3 fully saturated rings. The molecule has 204 valence electrons. The zero-order valence-electron chi connectivity index (χ0n) is 21.9. The lowest BCUT2D eigenvalue weighted by Crippen LogP contribution is -2.38. The lowest BCUT2D eigenvalue weighted by molar-refractivity contribution is -0.137. The van der Waals surface area contributed by atoms with E-state index in [1.165, 1.54) is 24.5 Å². The molecule has 9 heteroatoms. The van der Waals surface area contributed by atoms with Crippen LogP contribution in [0.3, 0.4) is 0 Å². The first-order valence-corrected chi connectivity index (χ1v) is 13.3. The number of carbonyl (C=O) groups is 1. The summed E-state index contributed by atoms with van der Waals surface area (Å²) in [5.41, 5.74) is 3.27. The van der Waals surface area contributed by atoms with Crippen molar-refractivity contribution in [2.75, 3.05) is 25.1 Å². The number of benzene rings is 2. The number of alkyl halides is 3. The minimum atomic E-state index is -4.48. The number of halogens is 3. The first kappa shape index (κ1) is 25.5. The average Bonchev–Trinajstić information content (AvgIpc) is 3.70. The second-order valence-corrected chi connectivity index (χ2v) is 10.5. The normalized spacial score (nSPS) is 21.1. The summed E-state index contributed by atoms with van der Waals surface area (Å²) in [6, 6.07) is 14.7. The van der Waals surface area contributed by atoms with Gasteiger partial charge in [0.15, 0.2) is 0 Å². The molecule has 2 aromatic carbocycles. The topological polar surface area (TPSA) is 54.9 Å². The van der Waals surface area contributed by atoms with Crippen molar-refractivity contribution in [3.05, 3.63) is 77.0 Å². The number of aromatic nitrogens is 1. The first-order chi connectivity index (χ1) is 18.7. The molecule has 2 atom stereocenters. The Morgan fingerprint density at radius 3 is 2.49 bits per heavy atom. The van der Waals surface area contributed by atoms with Gasteiger partial charge in [-0.3, -0.25) is 4.90 Å². The van der Waals surface area contributed by atoms with Gasteiger partial charge in [-0.15, -0.1) is 0 Å². The highest BCUT2D eigenvalue weighted by Crippen LogP contribution is 2.44. The molecule has 1 aromatic heterocycles. The van der Waals surface area contributed by atoms with Gasteiger partial charge in [-0.2, -0.15) is 13.2 Å². The van der Waals surface area contributed by atoms with E-state index in [1.807, 2.05) is 18.2 Å². The molecule has 1 amide bonds. The Morgan fingerprint density at radius 2 is 1.82 bits per heavy atom. The molecule has 0 spiro atoms. The van der Waals surface area contributed by atoms with Crippen LogP contribution in [0.15, 0.2) is 54.6 Å². The van der Waals surface area contributed by atoms with Gasteiger partial charge in [0.05, 0.1) is 31.0 Å². The van der Waals surface area contributed by atoms with Crippen LogP contribution in [0, 0.1) is 0 Å². The van der Waals surface area contributed by atoms with Crippen molar-refractivity contribution in [2.45, 2.75) is 57.0 Å². The highest BCUT2D eigenvalue weighted by molar-refractivity contribution is 5.76. The standard InChI is InChI=1S/C30H30F3N3O3/c1-18-28(21-5-3-6-22(15-21)30(31,32)33)39-29(37)36(18)17-25-23(10-12-27(34-25)35-13-4-14-35)24-16-20(19-7-8-19)9-11-26(24)38-2/h3,5-6,9-12,15-16,18-19,28H,4,7-8,13-14,17H2,1-2H3. The summed E-state index contributed by atoms with van der Waals surface area (Å²) < 4.78 is 51.4. The number of pyridine rings is 1. The fraction of sp³-hybridized carbons (Fsp3) is 0.400. The van der Waals surface area contributed by atoms with E-state index in [-0.39, 0.29) is 6.54 Å². The van der Waals surface area contributed by atoms with E-state index in [4.69, 9.17) is 14.5 Å². The molecule has 0 radical (unpaired) electrons. The highest BCUT2D eigenvalue weighted by atomic mass is 19.4. The Balaban J connectivity index is 1.35. The maximum absolute atomic E-state index is 13.3. The maximum Gasteiger partial charge on any atom is 0.416 e. The van der Waals surface area contributed by atoms with Gasteiger partial charge in [-0.25, -0.2) is 9.78 Å². The van der Waals surface area contributed by atoms with Crippen molar-refractivity contribution in [3.8, 4) is 16.9 Å². The Labute approximate surface area is 225 Å². The molecule has 3 aromatic rings. The molecule has 6 nitrogen and oxygen atoms in total. The molecule has 6 rings (SSSR count). The van der Waals surface area contributed by atoms with Gasteiger partial charge < -0.3 is 14.4 Å². The summed E-state index contributed by atoms with van der Waals surface area (Å²) in [4.78, 5) is 21.8. The van der Waals surface area contributed by atoms with Crippen LogP contribution in [0.1, 0.15) is 60.6 Å². The molecule has 39 heavy (non-hydrogen) atoms. The number of rotatable bonds is 7. The molecule has 0 bridgehead atoms. The minimum Gasteiger partial charge on any atom is -0.496 e. The lowest BCUT2D eigenvalue weighted by Gasteiger charge is -2.33. The molecule has 1 saturated carbocycles. The van der Waals surface area contributed by atoms with Gasteiger partial charge in [-0.05, 0) is 79.6 Å². The number of ether oxygens (including phenoxy) is 2. The SMILES string of the molecule is COc1ccc(C2CC2)cc1-c1ccc(N2CCC2)nc1CN1C(=O)OC(c2cccc(C(F)(F)F)c2)C1C. The molecular formula is C30H30F3N3O3. The van der Waals surface area contributed by atoms with Crippen LogP contribution in [-0.4, -0.2) is 42.2 Å². The molecule has 0 N–H and O–H groups in total. The minimum absolute atomic E-state index is 0.156. The van der Waals surface area contributed by atoms with Gasteiger partial charge in [0.25, 0.3) is 0 Å². The number of carbonyl (C=O) groups excluding carboxylic acids is 1. The summed E-state index contributed by atoms with van der Waals surface area (Å²) in [6.07, 6.45) is -2.45. The molecule has 2 unspecified atom stereocenters. The van der Waals surface area contributed by atoms with Crippen molar-refractivity contribution in [1.82, 2.24) is 9.88 Å². The van der Waals surface area contributed by atoms with Crippen LogP contribution in [-0.2, 0) is 17.5 Å². The van der Waals surface area contributed by atoms with Crippen LogP contribution in [0.2, 0.25) is 0 Å². The Bertz CT molecular complexity index is 1400. The molecule has 2 saturated heterocycles. The monoisotopic (exact) mass is 537 g/mol. The van der Waals surface area contributed by atoms with Gasteiger partial charge in [-0.1, -0.05) is 18.2 Å². The second-order valence-electron chi connectivity index (χ2n) is 10.5. The predicted molar refractivity (Wildman–Crippen MR) is 141 cm³/mol. The van der Waals surface area contributed by atoms with E-state index in [9.17, 15) is 18.0 Å². The quantitative estimate of drug-likeness (QED) is 0.327. The van der Waals surface area contributed by atoms with Crippen LogP contribution < -0.4 is 9.64 Å². The molecule has 2 aliphatic heterocycles. The maximum atomic E-state index is 13.3. The summed E-state index contributed by atoms with van der Waals surface area (Å²) in [5.74, 6) is 2.11. The van der Waals surface area contributed by atoms with E-state index in [0.717, 1.165) is 54.3 Å². The van der Waals surface area contributed by atoms with E-state index in [1.54, 1.807) is 25.0 Å². The van der Waals surface area contributed by atoms with Crippen molar-refractivity contribution < 1.29 is 27.4 Å². The van der Waals surface area contributed by atoms with Gasteiger partial charge in [0, 0.05) is 24.2 Å². The summed E-state index contributed by atoms with van der Waals surface area (Å²) >= 11 is 0. The summed E-state index contributed by atoms with van der Waals surface area (Å²) in [5, 5.41) is 0. The predicted octanol–water partition coefficient (Wildman–Crippen LogP) is 6.95. The average molecular weight is 538 g/mol.